The zero-order chi connectivity index (χ0) is 28.4. The number of aromatic nitrogens is 2. The van der Waals surface area contributed by atoms with Crippen LogP contribution < -0.4 is 10.6 Å². The van der Waals surface area contributed by atoms with Crippen molar-refractivity contribution >= 4 is 28.3 Å². The third-order valence-electron chi connectivity index (χ3n) is 6.36. The second-order valence-corrected chi connectivity index (χ2v) is 11.2. The van der Waals surface area contributed by atoms with Crippen molar-refractivity contribution in [3.8, 4) is 11.3 Å². The molecule has 2 amide bonds. The Morgan fingerprint density at radius 2 is 1.82 bits per heavy atom. The van der Waals surface area contributed by atoms with Gasteiger partial charge in [0.1, 0.15) is 0 Å². The van der Waals surface area contributed by atoms with Crippen molar-refractivity contribution in [3.63, 3.8) is 0 Å². The monoisotopic (exact) mass is 540 g/mol. The summed E-state index contributed by atoms with van der Waals surface area (Å²) in [5, 5.41) is 7.81. The fraction of sp³-hybridized carbons (Fsp3) is 0.500. The number of nitrogens with zero attached hydrogens (tertiary/aromatic N) is 2. The van der Waals surface area contributed by atoms with Crippen LogP contribution in [0.15, 0.2) is 35.8 Å². The Hall–Kier alpha value is -2.97. The number of rotatable bonds is 10. The van der Waals surface area contributed by atoms with E-state index in [1.807, 2.05) is 62.0 Å². The summed E-state index contributed by atoms with van der Waals surface area (Å²) in [5.41, 5.74) is 5.50. The number of carbonyl (C=O) groups is 2. The van der Waals surface area contributed by atoms with Gasteiger partial charge in [-0.2, -0.15) is 0 Å². The van der Waals surface area contributed by atoms with Crippen LogP contribution in [0.3, 0.4) is 0 Å². The summed E-state index contributed by atoms with van der Waals surface area (Å²) in [6, 6.07) is 8.03. The fourth-order valence-electron chi connectivity index (χ4n) is 3.98. The molecule has 0 bridgehead atoms. The zero-order valence-electron chi connectivity index (χ0n) is 24.3. The predicted molar refractivity (Wildman–Crippen MR) is 158 cm³/mol. The molecular formula is C30H44N4O3S. The van der Waals surface area contributed by atoms with Gasteiger partial charge < -0.3 is 19.9 Å². The van der Waals surface area contributed by atoms with Crippen molar-refractivity contribution in [2.24, 2.45) is 13.0 Å². The lowest BCUT2D eigenvalue weighted by molar-refractivity contribution is -0.115. The van der Waals surface area contributed by atoms with Gasteiger partial charge in [0.15, 0.2) is 5.13 Å². The zero-order valence-corrected chi connectivity index (χ0v) is 25.2. The third kappa shape index (κ3) is 9.72. The first-order chi connectivity index (χ1) is 17.9. The van der Waals surface area contributed by atoms with Gasteiger partial charge in [-0.05, 0) is 65.0 Å². The number of hydrogen-bond acceptors (Lipinski definition) is 5. The van der Waals surface area contributed by atoms with Crippen LogP contribution in [0.1, 0.15) is 74.6 Å². The van der Waals surface area contributed by atoms with E-state index >= 15 is 0 Å². The minimum atomic E-state index is -0.307. The Labute approximate surface area is 232 Å². The molecule has 0 unspecified atom stereocenters. The van der Waals surface area contributed by atoms with E-state index in [1.54, 1.807) is 6.20 Å². The lowest BCUT2D eigenvalue weighted by Crippen LogP contribution is -2.33. The number of benzene rings is 1. The molecule has 38 heavy (non-hydrogen) atoms. The molecule has 3 rings (SSSR count). The summed E-state index contributed by atoms with van der Waals surface area (Å²) >= 11 is 1.36. The number of hydrogen-bond donors (Lipinski definition) is 2. The van der Waals surface area contributed by atoms with E-state index in [-0.39, 0.29) is 18.4 Å². The number of carbonyl (C=O) groups excluding carboxylic acids is 2. The SMILES string of the molecule is CC[C@H](C)O[C@H](C)CC(C)C.Cc1cccc(-c2csc(NC(=O)CNC(=O)c3cn(C)c(C)c3C)n2)c1. The summed E-state index contributed by atoms with van der Waals surface area (Å²) in [6.07, 6.45) is 4.90. The van der Waals surface area contributed by atoms with Crippen molar-refractivity contribution < 1.29 is 14.3 Å². The molecule has 2 atom stereocenters. The molecule has 8 heteroatoms. The molecule has 0 saturated carbocycles. The quantitative estimate of drug-likeness (QED) is 0.300. The van der Waals surface area contributed by atoms with Crippen molar-refractivity contribution in [1.82, 2.24) is 14.9 Å². The van der Waals surface area contributed by atoms with E-state index in [9.17, 15) is 9.59 Å². The maximum absolute atomic E-state index is 12.3. The van der Waals surface area contributed by atoms with E-state index in [0.29, 0.717) is 22.9 Å². The second kappa shape index (κ2) is 14.8. The van der Waals surface area contributed by atoms with E-state index in [0.717, 1.165) is 40.4 Å². The molecule has 208 valence electrons. The molecule has 0 aliphatic rings. The number of nitrogens with one attached hydrogen (secondary N) is 2. The molecule has 0 saturated heterocycles. The van der Waals surface area contributed by atoms with Crippen molar-refractivity contribution in [2.45, 2.75) is 80.4 Å². The minimum absolute atomic E-state index is 0.106. The Balaban J connectivity index is 0.000000391. The van der Waals surface area contributed by atoms with Gasteiger partial charge in [-0.1, -0.05) is 44.5 Å². The molecule has 3 aromatic rings. The van der Waals surface area contributed by atoms with Crippen LogP contribution in [0, 0.1) is 26.7 Å². The molecule has 0 spiro atoms. The van der Waals surface area contributed by atoms with E-state index in [1.165, 1.54) is 17.8 Å². The Morgan fingerprint density at radius 1 is 1.11 bits per heavy atom. The van der Waals surface area contributed by atoms with Gasteiger partial charge >= 0.3 is 0 Å². The molecular weight excluding hydrogens is 496 g/mol. The molecule has 7 nitrogen and oxygen atoms in total. The largest absolute Gasteiger partial charge is 0.376 e. The number of ether oxygens (including phenoxy) is 1. The lowest BCUT2D eigenvalue weighted by Gasteiger charge is -2.19. The molecule has 0 aliphatic carbocycles. The van der Waals surface area contributed by atoms with Gasteiger partial charge in [0.2, 0.25) is 5.91 Å². The highest BCUT2D eigenvalue weighted by atomic mass is 32.1. The van der Waals surface area contributed by atoms with Crippen LogP contribution in [0.5, 0.6) is 0 Å². The van der Waals surface area contributed by atoms with Gasteiger partial charge in [-0.3, -0.25) is 9.59 Å². The Morgan fingerprint density at radius 3 is 2.39 bits per heavy atom. The van der Waals surface area contributed by atoms with E-state index < -0.39 is 0 Å². The van der Waals surface area contributed by atoms with Crippen molar-refractivity contribution in [1.29, 1.82) is 0 Å². The van der Waals surface area contributed by atoms with Crippen LogP contribution in [0.2, 0.25) is 0 Å². The summed E-state index contributed by atoms with van der Waals surface area (Å²) < 4.78 is 7.61. The van der Waals surface area contributed by atoms with E-state index in [4.69, 9.17) is 4.74 Å². The van der Waals surface area contributed by atoms with Gasteiger partial charge in [0, 0.05) is 29.9 Å². The first-order valence-electron chi connectivity index (χ1n) is 13.3. The van der Waals surface area contributed by atoms with Crippen LogP contribution in [0.25, 0.3) is 11.3 Å². The molecule has 2 N–H and O–H groups in total. The highest BCUT2D eigenvalue weighted by Crippen LogP contribution is 2.25. The second-order valence-electron chi connectivity index (χ2n) is 10.3. The lowest BCUT2D eigenvalue weighted by atomic mass is 10.1. The van der Waals surface area contributed by atoms with Gasteiger partial charge in [0.05, 0.1) is 30.0 Å². The average Bonchev–Trinajstić information content (AvgIpc) is 3.42. The summed E-state index contributed by atoms with van der Waals surface area (Å²) in [7, 11) is 1.89. The van der Waals surface area contributed by atoms with Crippen LogP contribution in [0.4, 0.5) is 5.13 Å². The van der Waals surface area contributed by atoms with Gasteiger partial charge in [-0.25, -0.2) is 4.98 Å². The highest BCUT2D eigenvalue weighted by Gasteiger charge is 2.15. The molecule has 0 aliphatic heterocycles. The molecule has 1 aromatic carbocycles. The summed E-state index contributed by atoms with van der Waals surface area (Å²) in [4.78, 5) is 28.9. The molecule has 0 radical (unpaired) electrons. The summed E-state index contributed by atoms with van der Waals surface area (Å²) in [6.45, 7) is 16.7. The fourth-order valence-corrected chi connectivity index (χ4v) is 4.71. The smallest absolute Gasteiger partial charge is 0.253 e. The molecule has 2 heterocycles. The standard InChI is InChI=1S/C20H22N4O2S.C10H22O/c1-12-6-5-7-15(8-12)17-11-27-20(22-17)23-18(25)9-21-19(26)16-10-24(4)14(3)13(16)2;1-6-9(4)11-10(5)7-8(2)3/h5-8,10-11H,9H2,1-4H3,(H,21,26)(H,22,23,25);8-10H,6-7H2,1-5H3/t;9-,10+/m.0/s1. The van der Waals surface area contributed by atoms with Crippen LogP contribution in [-0.2, 0) is 16.6 Å². The number of anilines is 1. The number of amides is 2. The van der Waals surface area contributed by atoms with Crippen molar-refractivity contribution in [3.05, 3.63) is 58.2 Å². The highest BCUT2D eigenvalue weighted by molar-refractivity contribution is 7.14. The first-order valence-corrected chi connectivity index (χ1v) is 14.2. The van der Waals surface area contributed by atoms with Crippen LogP contribution >= 0.6 is 11.3 Å². The summed E-state index contributed by atoms with van der Waals surface area (Å²) in [5.74, 6) is 0.179. The Bertz CT molecular complexity index is 1200. The van der Waals surface area contributed by atoms with Gasteiger partial charge in [-0.15, -0.1) is 11.3 Å². The van der Waals surface area contributed by atoms with Gasteiger partial charge in [0.25, 0.3) is 5.91 Å². The topological polar surface area (TPSA) is 85.3 Å². The normalized spacial score (nSPS) is 12.5. The first kappa shape index (κ1) is 31.2. The Kier molecular flexibility index (Phi) is 12.2. The van der Waals surface area contributed by atoms with E-state index in [2.05, 4.69) is 50.2 Å². The predicted octanol–water partition coefficient (Wildman–Crippen LogP) is 6.68. The maximum atomic E-state index is 12.3. The average molecular weight is 541 g/mol. The van der Waals surface area contributed by atoms with Crippen LogP contribution in [-0.4, -0.2) is 40.1 Å². The van der Waals surface area contributed by atoms with Crippen molar-refractivity contribution in [2.75, 3.05) is 11.9 Å². The molecule has 0 fully saturated rings. The minimum Gasteiger partial charge on any atom is -0.376 e. The maximum Gasteiger partial charge on any atom is 0.253 e. The molecule has 2 aromatic heterocycles. The number of aryl methyl sites for hydroxylation is 2. The third-order valence-corrected chi connectivity index (χ3v) is 7.12. The number of thiazole rings is 1.